The Morgan fingerprint density at radius 3 is 2.91 bits per heavy atom. The molecule has 1 N–H and O–H groups in total. The number of thioether (sulfide) groups is 1. The van der Waals surface area contributed by atoms with Gasteiger partial charge in [0, 0.05) is 17.4 Å². The number of carbonyl (C=O) groups is 1. The molecule has 1 fully saturated rings. The van der Waals surface area contributed by atoms with Gasteiger partial charge in [0.15, 0.2) is 15.0 Å². The molecule has 1 amide bonds. The zero-order valence-electron chi connectivity index (χ0n) is 12.8. The van der Waals surface area contributed by atoms with Gasteiger partial charge in [0.05, 0.1) is 17.3 Å². The highest BCUT2D eigenvalue weighted by atomic mass is 32.2. The maximum absolute atomic E-state index is 12.0. The molecular weight excluding hydrogens is 338 g/mol. The Balaban J connectivity index is 1.64. The molecular formula is C13H17N5O3S2. The average molecular weight is 355 g/mol. The van der Waals surface area contributed by atoms with Crippen LogP contribution in [0.25, 0.3) is 5.78 Å². The molecule has 3 rings (SSSR count). The summed E-state index contributed by atoms with van der Waals surface area (Å²) in [6.07, 6.45) is 0.481. The molecule has 1 atom stereocenters. The number of hydrogen-bond donors (Lipinski definition) is 1. The molecule has 2 aromatic rings. The largest absolute Gasteiger partial charge is 0.352 e. The van der Waals surface area contributed by atoms with Crippen LogP contribution in [0.15, 0.2) is 11.2 Å². The van der Waals surface area contributed by atoms with E-state index in [0.717, 1.165) is 11.4 Å². The van der Waals surface area contributed by atoms with Crippen molar-refractivity contribution in [3.05, 3.63) is 17.5 Å². The molecule has 1 aliphatic rings. The lowest BCUT2D eigenvalue weighted by molar-refractivity contribution is -0.119. The van der Waals surface area contributed by atoms with E-state index in [9.17, 15) is 13.2 Å². The zero-order chi connectivity index (χ0) is 16.6. The topological polar surface area (TPSA) is 106 Å². The van der Waals surface area contributed by atoms with Gasteiger partial charge in [0.1, 0.15) is 0 Å². The molecule has 8 nitrogen and oxygen atoms in total. The number of fused-ring (bicyclic) bond motifs is 1. The summed E-state index contributed by atoms with van der Waals surface area (Å²) in [5.41, 5.74) is 1.81. The minimum atomic E-state index is -2.99. The maximum Gasteiger partial charge on any atom is 0.256 e. The standard InChI is InChI=1S/C13H17N5O3S2/c1-8-5-9(2)18-12(14-8)16-17-13(18)22-6-11(19)15-10-3-4-23(20,21)7-10/h5,10H,3-4,6-7H2,1-2H3,(H,15,19)/t10-/m1/s1. The van der Waals surface area contributed by atoms with Crippen molar-refractivity contribution in [1.82, 2.24) is 24.9 Å². The van der Waals surface area contributed by atoms with Gasteiger partial charge < -0.3 is 5.32 Å². The Kier molecular flexibility index (Phi) is 4.28. The van der Waals surface area contributed by atoms with Gasteiger partial charge in [-0.1, -0.05) is 11.8 Å². The lowest BCUT2D eigenvalue weighted by Gasteiger charge is -2.10. The van der Waals surface area contributed by atoms with Crippen LogP contribution in [0, 0.1) is 13.8 Å². The summed E-state index contributed by atoms with van der Waals surface area (Å²) >= 11 is 1.26. The average Bonchev–Trinajstić information content (AvgIpc) is 2.99. The van der Waals surface area contributed by atoms with Crippen LogP contribution in [0.3, 0.4) is 0 Å². The van der Waals surface area contributed by atoms with Crippen molar-refractivity contribution in [1.29, 1.82) is 0 Å². The lowest BCUT2D eigenvalue weighted by Crippen LogP contribution is -2.36. The Labute approximate surface area is 138 Å². The van der Waals surface area contributed by atoms with Crippen LogP contribution >= 0.6 is 11.8 Å². The third-order valence-electron chi connectivity index (χ3n) is 3.59. The molecule has 1 aliphatic heterocycles. The first kappa shape index (κ1) is 16.2. The smallest absolute Gasteiger partial charge is 0.256 e. The van der Waals surface area contributed by atoms with Crippen LogP contribution in [-0.4, -0.2) is 57.2 Å². The van der Waals surface area contributed by atoms with Gasteiger partial charge in [-0.05, 0) is 26.3 Å². The summed E-state index contributed by atoms with van der Waals surface area (Å²) in [6, 6.07) is 1.64. The van der Waals surface area contributed by atoms with Crippen molar-refractivity contribution >= 4 is 33.3 Å². The van der Waals surface area contributed by atoms with Crippen LogP contribution in [0.5, 0.6) is 0 Å². The van der Waals surface area contributed by atoms with E-state index in [-0.39, 0.29) is 29.2 Å². The van der Waals surface area contributed by atoms with Gasteiger partial charge in [-0.15, -0.1) is 10.2 Å². The molecule has 0 radical (unpaired) electrons. The second kappa shape index (κ2) is 6.08. The molecule has 10 heteroatoms. The minimum absolute atomic E-state index is 0.0274. The molecule has 0 bridgehead atoms. The summed E-state index contributed by atoms with van der Waals surface area (Å²) in [6.45, 7) is 3.82. The Morgan fingerprint density at radius 2 is 2.22 bits per heavy atom. The first-order chi connectivity index (χ1) is 10.8. The molecule has 0 unspecified atom stereocenters. The number of rotatable bonds is 4. The second-order valence-corrected chi connectivity index (χ2v) is 8.78. The van der Waals surface area contributed by atoms with E-state index in [1.54, 1.807) is 4.40 Å². The van der Waals surface area contributed by atoms with E-state index in [2.05, 4.69) is 20.5 Å². The Hall–Kier alpha value is -1.68. The monoisotopic (exact) mass is 355 g/mol. The van der Waals surface area contributed by atoms with E-state index in [1.807, 2.05) is 19.9 Å². The van der Waals surface area contributed by atoms with Gasteiger partial charge in [-0.2, -0.15) is 0 Å². The summed E-state index contributed by atoms with van der Waals surface area (Å²) in [5, 5.41) is 11.4. The molecule has 0 saturated carbocycles. The molecule has 0 spiro atoms. The number of aryl methyl sites for hydroxylation is 2. The van der Waals surface area contributed by atoms with Crippen LogP contribution in [0.1, 0.15) is 17.8 Å². The molecule has 0 aromatic carbocycles. The van der Waals surface area contributed by atoms with Crippen molar-refractivity contribution in [3.8, 4) is 0 Å². The van der Waals surface area contributed by atoms with E-state index < -0.39 is 9.84 Å². The van der Waals surface area contributed by atoms with E-state index in [1.165, 1.54) is 11.8 Å². The van der Waals surface area contributed by atoms with Gasteiger partial charge >= 0.3 is 0 Å². The number of nitrogens with zero attached hydrogens (tertiary/aromatic N) is 4. The summed E-state index contributed by atoms with van der Waals surface area (Å²) in [5.74, 6) is 0.632. The Morgan fingerprint density at radius 1 is 1.43 bits per heavy atom. The predicted octanol–water partition coefficient (Wildman–Crippen LogP) is 0.137. The van der Waals surface area contributed by atoms with Gasteiger partial charge in [0.2, 0.25) is 5.91 Å². The SMILES string of the molecule is Cc1cc(C)n2c(SCC(=O)N[C@@H]3CCS(=O)(=O)C3)nnc2n1. The van der Waals surface area contributed by atoms with Crippen LogP contribution in [-0.2, 0) is 14.6 Å². The quantitative estimate of drug-likeness (QED) is 0.777. The van der Waals surface area contributed by atoms with E-state index >= 15 is 0 Å². The molecule has 3 heterocycles. The predicted molar refractivity (Wildman–Crippen MR) is 86.2 cm³/mol. The third-order valence-corrected chi connectivity index (χ3v) is 6.29. The van der Waals surface area contributed by atoms with Crippen LogP contribution < -0.4 is 5.32 Å². The highest BCUT2D eigenvalue weighted by Gasteiger charge is 2.28. The zero-order valence-corrected chi connectivity index (χ0v) is 14.4. The third kappa shape index (κ3) is 3.63. The second-order valence-electron chi connectivity index (χ2n) is 5.61. The van der Waals surface area contributed by atoms with Crippen molar-refractivity contribution in [3.63, 3.8) is 0 Å². The fraction of sp³-hybridized carbons (Fsp3) is 0.538. The minimum Gasteiger partial charge on any atom is -0.352 e. The molecule has 1 saturated heterocycles. The summed E-state index contributed by atoms with van der Waals surface area (Å²) in [7, 11) is -2.99. The van der Waals surface area contributed by atoms with Crippen LogP contribution in [0.2, 0.25) is 0 Å². The molecule has 23 heavy (non-hydrogen) atoms. The van der Waals surface area contributed by atoms with Gasteiger partial charge in [-0.25, -0.2) is 13.4 Å². The Bertz CT molecular complexity index is 862. The number of carbonyl (C=O) groups excluding carboxylic acids is 1. The molecule has 124 valence electrons. The lowest BCUT2D eigenvalue weighted by atomic mass is 10.3. The van der Waals surface area contributed by atoms with Crippen molar-refractivity contribution in [2.24, 2.45) is 0 Å². The number of sulfone groups is 1. The van der Waals surface area contributed by atoms with E-state index in [4.69, 9.17) is 0 Å². The highest BCUT2D eigenvalue weighted by molar-refractivity contribution is 7.99. The number of hydrogen-bond acceptors (Lipinski definition) is 7. The highest BCUT2D eigenvalue weighted by Crippen LogP contribution is 2.18. The maximum atomic E-state index is 12.0. The van der Waals surface area contributed by atoms with Gasteiger partial charge in [0.25, 0.3) is 5.78 Å². The summed E-state index contributed by atoms with van der Waals surface area (Å²) in [4.78, 5) is 16.3. The molecule has 2 aromatic heterocycles. The number of aromatic nitrogens is 4. The number of amides is 1. The first-order valence-electron chi connectivity index (χ1n) is 7.16. The first-order valence-corrected chi connectivity index (χ1v) is 9.97. The number of nitrogens with one attached hydrogen (secondary N) is 1. The molecule has 0 aliphatic carbocycles. The fourth-order valence-corrected chi connectivity index (χ4v) is 5.07. The fourth-order valence-electron chi connectivity index (χ4n) is 2.60. The van der Waals surface area contributed by atoms with Crippen molar-refractivity contribution in [2.45, 2.75) is 31.5 Å². The normalized spacial score (nSPS) is 20.0. The summed E-state index contributed by atoms with van der Waals surface area (Å²) < 4.78 is 24.6. The van der Waals surface area contributed by atoms with E-state index in [0.29, 0.717) is 17.4 Å². The van der Waals surface area contributed by atoms with Gasteiger partial charge in [-0.3, -0.25) is 9.20 Å². The van der Waals surface area contributed by atoms with Crippen molar-refractivity contribution < 1.29 is 13.2 Å². The van der Waals surface area contributed by atoms with Crippen LogP contribution in [0.4, 0.5) is 0 Å². The van der Waals surface area contributed by atoms with Crippen molar-refractivity contribution in [2.75, 3.05) is 17.3 Å².